The van der Waals surface area contributed by atoms with Crippen molar-refractivity contribution in [1.82, 2.24) is 19.7 Å². The fourth-order valence-corrected chi connectivity index (χ4v) is 5.26. The van der Waals surface area contributed by atoms with E-state index in [1.165, 1.54) is 31.0 Å². The summed E-state index contributed by atoms with van der Waals surface area (Å²) in [7, 11) is 1.95. The molecule has 1 aromatic carbocycles. The van der Waals surface area contributed by atoms with E-state index in [2.05, 4.69) is 14.8 Å². The third kappa shape index (κ3) is 4.94. The van der Waals surface area contributed by atoms with Crippen molar-refractivity contribution in [2.24, 2.45) is 0 Å². The minimum atomic E-state index is -0.198. The molecule has 1 heterocycles. The van der Waals surface area contributed by atoms with Crippen molar-refractivity contribution in [1.29, 1.82) is 0 Å². The predicted octanol–water partition coefficient (Wildman–Crippen LogP) is 5.12. The van der Waals surface area contributed by atoms with Crippen LogP contribution in [0.5, 0.6) is 5.75 Å². The number of rotatable bonds is 8. The van der Waals surface area contributed by atoms with E-state index >= 15 is 0 Å². The molecule has 0 spiro atoms. The van der Waals surface area contributed by atoms with E-state index in [9.17, 15) is 4.79 Å². The van der Waals surface area contributed by atoms with E-state index in [-0.39, 0.29) is 11.2 Å². The van der Waals surface area contributed by atoms with Gasteiger partial charge in [0.2, 0.25) is 5.91 Å². The van der Waals surface area contributed by atoms with Gasteiger partial charge in [0, 0.05) is 19.1 Å². The number of aromatic nitrogens is 3. The Morgan fingerprint density at radius 1 is 1.23 bits per heavy atom. The Bertz CT molecular complexity index is 880. The van der Waals surface area contributed by atoms with E-state index < -0.39 is 0 Å². The molecule has 2 aromatic rings. The molecule has 1 amide bonds. The van der Waals surface area contributed by atoms with Gasteiger partial charge in [0.15, 0.2) is 11.0 Å². The maximum atomic E-state index is 13.0. The van der Waals surface area contributed by atoms with Crippen LogP contribution in [0.15, 0.2) is 29.4 Å². The minimum Gasteiger partial charge on any atom is -0.484 e. The quantitative estimate of drug-likeness (QED) is 0.524. The molecule has 0 bridgehead atoms. The van der Waals surface area contributed by atoms with E-state index in [0.717, 1.165) is 36.7 Å². The standard InChI is InChI=1S/C22H29ClN4O2S/c1-15(21(28)26(2)16-8-4-3-5-9-16)30-22-25-24-20(27(22)17-12-13-17)14-29-19-11-7-6-10-18(19)23/h6-7,10-11,15-17H,3-5,8-9,12-14H2,1-2H3/t15-/m1/s1. The van der Waals surface area contributed by atoms with E-state index in [1.807, 2.05) is 37.1 Å². The van der Waals surface area contributed by atoms with Crippen LogP contribution >= 0.6 is 23.4 Å². The molecule has 0 N–H and O–H groups in total. The molecule has 1 atom stereocenters. The Hall–Kier alpha value is -1.73. The molecular weight excluding hydrogens is 420 g/mol. The van der Waals surface area contributed by atoms with Crippen molar-refractivity contribution in [2.45, 2.75) is 81.0 Å². The number of carbonyl (C=O) groups excluding carboxylic acids is 1. The van der Waals surface area contributed by atoms with Gasteiger partial charge in [-0.3, -0.25) is 9.36 Å². The van der Waals surface area contributed by atoms with Gasteiger partial charge in [-0.25, -0.2) is 0 Å². The summed E-state index contributed by atoms with van der Waals surface area (Å²) in [5.41, 5.74) is 0. The summed E-state index contributed by atoms with van der Waals surface area (Å²) < 4.78 is 8.03. The Labute approximate surface area is 187 Å². The maximum Gasteiger partial charge on any atom is 0.235 e. The number of para-hydroxylation sites is 1. The number of halogens is 1. The molecule has 30 heavy (non-hydrogen) atoms. The van der Waals surface area contributed by atoms with Crippen LogP contribution in [0.3, 0.4) is 0 Å². The van der Waals surface area contributed by atoms with Crippen LogP contribution in [0.1, 0.15) is 63.7 Å². The number of carbonyl (C=O) groups is 1. The molecular formula is C22H29ClN4O2S. The second kappa shape index (κ2) is 9.60. The summed E-state index contributed by atoms with van der Waals surface area (Å²) in [6.45, 7) is 2.27. The zero-order chi connectivity index (χ0) is 21.1. The van der Waals surface area contributed by atoms with Gasteiger partial charge in [0.25, 0.3) is 0 Å². The molecule has 2 aliphatic rings. The predicted molar refractivity (Wildman–Crippen MR) is 119 cm³/mol. The number of hydrogen-bond acceptors (Lipinski definition) is 5. The highest BCUT2D eigenvalue weighted by Gasteiger charge is 2.32. The van der Waals surface area contributed by atoms with E-state index in [0.29, 0.717) is 29.5 Å². The molecule has 2 aliphatic carbocycles. The lowest BCUT2D eigenvalue weighted by Gasteiger charge is -2.32. The molecule has 8 heteroatoms. The van der Waals surface area contributed by atoms with Gasteiger partial charge in [-0.2, -0.15) is 0 Å². The van der Waals surface area contributed by atoms with Crippen molar-refractivity contribution >= 4 is 29.3 Å². The van der Waals surface area contributed by atoms with Crippen LogP contribution in [-0.2, 0) is 11.4 Å². The van der Waals surface area contributed by atoms with Crippen LogP contribution in [0.4, 0.5) is 0 Å². The number of nitrogens with zero attached hydrogens (tertiary/aromatic N) is 4. The maximum absolute atomic E-state index is 13.0. The van der Waals surface area contributed by atoms with Crippen LogP contribution in [0.2, 0.25) is 5.02 Å². The minimum absolute atomic E-state index is 0.172. The number of ether oxygens (including phenoxy) is 1. The van der Waals surface area contributed by atoms with Crippen molar-refractivity contribution in [2.75, 3.05) is 7.05 Å². The first-order chi connectivity index (χ1) is 14.5. The highest BCUT2D eigenvalue weighted by atomic mass is 35.5. The van der Waals surface area contributed by atoms with Gasteiger partial charge in [0.05, 0.1) is 10.3 Å². The average Bonchev–Trinajstić information content (AvgIpc) is 3.53. The topological polar surface area (TPSA) is 60.3 Å². The second-order valence-corrected chi connectivity index (χ2v) is 9.94. The Balaban J connectivity index is 1.42. The molecule has 0 unspecified atom stereocenters. The van der Waals surface area contributed by atoms with Gasteiger partial charge in [-0.15, -0.1) is 10.2 Å². The third-order valence-electron chi connectivity index (χ3n) is 5.94. The third-order valence-corrected chi connectivity index (χ3v) is 7.30. The normalized spacial score (nSPS) is 18.2. The monoisotopic (exact) mass is 448 g/mol. The molecule has 0 saturated heterocycles. The lowest BCUT2D eigenvalue weighted by atomic mass is 9.94. The van der Waals surface area contributed by atoms with Crippen LogP contribution in [0.25, 0.3) is 0 Å². The van der Waals surface area contributed by atoms with Crippen LogP contribution in [-0.4, -0.2) is 43.9 Å². The van der Waals surface area contributed by atoms with Crippen molar-refractivity contribution in [3.05, 3.63) is 35.1 Å². The fraction of sp³-hybridized carbons (Fsp3) is 0.591. The second-order valence-electron chi connectivity index (χ2n) is 8.22. The first-order valence-corrected chi connectivity index (χ1v) is 12.0. The summed E-state index contributed by atoms with van der Waals surface area (Å²) >= 11 is 7.69. The first-order valence-electron chi connectivity index (χ1n) is 10.8. The summed E-state index contributed by atoms with van der Waals surface area (Å²) in [6.07, 6.45) is 8.16. The average molecular weight is 449 g/mol. The number of thioether (sulfide) groups is 1. The molecule has 4 rings (SSSR count). The summed E-state index contributed by atoms with van der Waals surface area (Å²) in [5.74, 6) is 1.59. The van der Waals surface area contributed by atoms with Gasteiger partial charge in [-0.05, 0) is 44.7 Å². The highest BCUT2D eigenvalue weighted by Crippen LogP contribution is 2.40. The van der Waals surface area contributed by atoms with E-state index in [1.54, 1.807) is 6.07 Å². The van der Waals surface area contributed by atoms with Crippen LogP contribution < -0.4 is 4.74 Å². The van der Waals surface area contributed by atoms with Gasteiger partial charge in [0.1, 0.15) is 12.4 Å². The zero-order valence-corrected chi connectivity index (χ0v) is 19.2. The highest BCUT2D eigenvalue weighted by molar-refractivity contribution is 8.00. The fourth-order valence-electron chi connectivity index (χ4n) is 4.03. The Morgan fingerprint density at radius 2 is 1.97 bits per heavy atom. The van der Waals surface area contributed by atoms with Crippen molar-refractivity contribution in [3.63, 3.8) is 0 Å². The Kier molecular flexibility index (Phi) is 6.88. The first kappa shape index (κ1) is 21.5. The molecule has 6 nitrogen and oxygen atoms in total. The zero-order valence-electron chi connectivity index (χ0n) is 17.6. The molecule has 0 aliphatic heterocycles. The number of hydrogen-bond donors (Lipinski definition) is 0. The number of benzene rings is 1. The van der Waals surface area contributed by atoms with Crippen molar-refractivity contribution < 1.29 is 9.53 Å². The molecule has 162 valence electrons. The summed E-state index contributed by atoms with van der Waals surface area (Å²) in [4.78, 5) is 15.0. The summed E-state index contributed by atoms with van der Waals surface area (Å²) in [6, 6.07) is 8.18. The molecule has 2 saturated carbocycles. The molecule has 2 fully saturated rings. The Morgan fingerprint density at radius 3 is 2.67 bits per heavy atom. The molecule has 1 aromatic heterocycles. The van der Waals surface area contributed by atoms with Crippen LogP contribution in [0, 0.1) is 0 Å². The van der Waals surface area contributed by atoms with Gasteiger partial charge in [-0.1, -0.05) is 54.8 Å². The summed E-state index contributed by atoms with van der Waals surface area (Å²) in [5, 5.41) is 9.95. The SMILES string of the molecule is C[C@@H](Sc1nnc(COc2ccccc2Cl)n1C1CC1)C(=O)N(C)C1CCCCC1. The van der Waals surface area contributed by atoms with E-state index in [4.69, 9.17) is 16.3 Å². The van der Waals surface area contributed by atoms with Gasteiger partial charge < -0.3 is 9.64 Å². The lowest BCUT2D eigenvalue weighted by molar-refractivity contribution is -0.131. The van der Waals surface area contributed by atoms with Crippen molar-refractivity contribution in [3.8, 4) is 5.75 Å². The molecule has 0 radical (unpaired) electrons. The smallest absolute Gasteiger partial charge is 0.235 e. The van der Waals surface area contributed by atoms with Gasteiger partial charge >= 0.3 is 0 Å². The lowest BCUT2D eigenvalue weighted by Crippen LogP contribution is -2.42. The number of amides is 1. The largest absolute Gasteiger partial charge is 0.484 e.